The van der Waals surface area contributed by atoms with Crippen molar-refractivity contribution in [1.29, 1.82) is 0 Å². The van der Waals surface area contributed by atoms with Crippen molar-refractivity contribution in [3.05, 3.63) is 0 Å². The predicted octanol–water partition coefficient (Wildman–Crippen LogP) is 0.758. The molecular formula is C12H20NO3S+. The highest BCUT2D eigenvalue weighted by molar-refractivity contribution is 7.85. The molecule has 0 aliphatic rings. The first-order chi connectivity index (χ1) is 7.89. The summed E-state index contributed by atoms with van der Waals surface area (Å²) >= 11 is 0. The molecule has 17 heavy (non-hydrogen) atoms. The van der Waals surface area contributed by atoms with Crippen LogP contribution in [0.25, 0.3) is 0 Å². The highest BCUT2D eigenvalue weighted by Crippen LogP contribution is 2.09. The lowest BCUT2D eigenvalue weighted by atomic mass is 10.2. The maximum Gasteiger partial charge on any atom is 0.264 e. The van der Waals surface area contributed by atoms with E-state index >= 15 is 0 Å². The number of unbranched alkanes of at least 4 members (excludes halogenated alkanes) is 1. The minimum Gasteiger partial charge on any atom is -0.304 e. The van der Waals surface area contributed by atoms with Crippen LogP contribution in [0.1, 0.15) is 19.8 Å². The molecule has 0 saturated heterocycles. The fourth-order valence-electron chi connectivity index (χ4n) is 1.71. The van der Waals surface area contributed by atoms with Crippen LogP contribution in [0.3, 0.4) is 0 Å². The first-order valence-corrected chi connectivity index (χ1v) is 7.17. The van der Waals surface area contributed by atoms with Gasteiger partial charge in [-0.2, -0.15) is 8.42 Å². The Morgan fingerprint density at radius 2 is 1.71 bits per heavy atom. The summed E-state index contributed by atoms with van der Waals surface area (Å²) in [6.07, 6.45) is 11.7. The molecule has 0 aromatic rings. The van der Waals surface area contributed by atoms with Gasteiger partial charge in [0.1, 0.15) is 13.1 Å². The molecule has 0 spiro atoms. The highest BCUT2D eigenvalue weighted by atomic mass is 32.2. The molecule has 0 bridgehead atoms. The van der Waals surface area contributed by atoms with Crippen molar-refractivity contribution < 1.29 is 17.5 Å². The van der Waals surface area contributed by atoms with E-state index in [0.29, 0.717) is 30.4 Å². The van der Waals surface area contributed by atoms with Crippen molar-refractivity contribution in [2.45, 2.75) is 19.8 Å². The first-order valence-electron chi connectivity index (χ1n) is 5.56. The zero-order chi connectivity index (χ0) is 13.4. The summed E-state index contributed by atoms with van der Waals surface area (Å²) in [5.41, 5.74) is 0. The monoisotopic (exact) mass is 258 g/mol. The van der Waals surface area contributed by atoms with Crippen LogP contribution in [-0.4, -0.2) is 49.4 Å². The van der Waals surface area contributed by atoms with Gasteiger partial charge in [-0.25, -0.2) is 0 Å². The molecule has 5 heteroatoms. The van der Waals surface area contributed by atoms with Gasteiger partial charge in [0.05, 0.1) is 18.8 Å². The molecule has 0 rings (SSSR count). The Balaban J connectivity index is 4.27. The Kier molecular flexibility index (Phi) is 6.91. The molecule has 0 fully saturated rings. The Morgan fingerprint density at radius 1 is 1.18 bits per heavy atom. The molecule has 1 N–H and O–H groups in total. The molecule has 0 heterocycles. The smallest absolute Gasteiger partial charge is 0.264 e. The summed E-state index contributed by atoms with van der Waals surface area (Å²) in [7, 11) is -3.86. The summed E-state index contributed by atoms with van der Waals surface area (Å²) in [5.74, 6) is 5.02. The van der Waals surface area contributed by atoms with Gasteiger partial charge < -0.3 is 4.48 Å². The van der Waals surface area contributed by atoms with Crippen LogP contribution in [0, 0.1) is 24.7 Å². The zero-order valence-electron chi connectivity index (χ0n) is 10.2. The van der Waals surface area contributed by atoms with Gasteiger partial charge in [-0.15, -0.1) is 12.8 Å². The average molecular weight is 258 g/mol. The number of terminal acetylenes is 2. The van der Waals surface area contributed by atoms with Crippen LogP contribution in [0.5, 0.6) is 0 Å². The normalized spacial score (nSPS) is 11.8. The number of nitrogens with zero attached hydrogens (tertiary/aromatic N) is 1. The van der Waals surface area contributed by atoms with Gasteiger partial charge >= 0.3 is 0 Å². The number of rotatable bonds is 8. The van der Waals surface area contributed by atoms with Crippen molar-refractivity contribution in [2.24, 2.45) is 0 Å². The number of hydrogen-bond donors (Lipinski definition) is 1. The summed E-state index contributed by atoms with van der Waals surface area (Å²) in [6.45, 7) is 4.66. The van der Waals surface area contributed by atoms with E-state index in [1.54, 1.807) is 0 Å². The van der Waals surface area contributed by atoms with E-state index in [2.05, 4.69) is 11.8 Å². The lowest BCUT2D eigenvalue weighted by Crippen LogP contribution is -2.49. The second-order valence-electron chi connectivity index (χ2n) is 4.10. The number of quaternary nitrogens is 1. The van der Waals surface area contributed by atoms with Gasteiger partial charge in [-0.1, -0.05) is 0 Å². The maximum absolute atomic E-state index is 10.6. The Bertz CT molecular complexity index is 384. The van der Waals surface area contributed by atoms with E-state index in [0.717, 1.165) is 13.1 Å². The SMILES string of the molecule is C#CC[N+](CC)(CC#C)CCCCS(=O)(=O)O. The van der Waals surface area contributed by atoms with Crippen molar-refractivity contribution in [3.8, 4) is 24.7 Å². The van der Waals surface area contributed by atoms with E-state index in [9.17, 15) is 8.42 Å². The third-order valence-corrected chi connectivity index (χ3v) is 3.61. The maximum atomic E-state index is 10.6. The fourth-order valence-corrected chi connectivity index (χ4v) is 2.28. The molecule has 0 amide bonds. The minimum absolute atomic E-state index is 0.206. The molecule has 0 aliphatic carbocycles. The Labute approximate surface area is 104 Å². The molecule has 4 nitrogen and oxygen atoms in total. The lowest BCUT2D eigenvalue weighted by molar-refractivity contribution is -0.913. The standard InChI is InChI=1S/C12H19NO3S/c1-4-9-13(6-3,10-5-2)11-7-8-12-17(14,15)16/h1-2H,6-12H2,3H3/p+1. The van der Waals surface area contributed by atoms with Gasteiger partial charge in [0.15, 0.2) is 0 Å². The van der Waals surface area contributed by atoms with Gasteiger partial charge in [-0.3, -0.25) is 4.55 Å². The van der Waals surface area contributed by atoms with Crippen LogP contribution in [0.4, 0.5) is 0 Å². The summed E-state index contributed by atoms with van der Waals surface area (Å²) in [4.78, 5) is 0. The molecule has 0 radical (unpaired) electrons. The second-order valence-corrected chi connectivity index (χ2v) is 5.67. The second kappa shape index (κ2) is 7.34. The first kappa shape index (κ1) is 16.0. The van der Waals surface area contributed by atoms with Gasteiger partial charge in [0.25, 0.3) is 10.1 Å². The molecule has 0 aromatic heterocycles. The molecule has 0 saturated carbocycles. The quantitative estimate of drug-likeness (QED) is 0.303. The molecule has 96 valence electrons. The number of hydrogen-bond acceptors (Lipinski definition) is 2. The molecule has 0 aromatic carbocycles. The van der Waals surface area contributed by atoms with E-state index in [4.69, 9.17) is 17.4 Å². The van der Waals surface area contributed by atoms with Crippen molar-refractivity contribution in [3.63, 3.8) is 0 Å². The van der Waals surface area contributed by atoms with E-state index < -0.39 is 10.1 Å². The van der Waals surface area contributed by atoms with Crippen molar-refractivity contribution in [1.82, 2.24) is 0 Å². The average Bonchev–Trinajstić information content (AvgIpc) is 2.23. The Hall–Kier alpha value is -1.01. The fraction of sp³-hybridized carbons (Fsp3) is 0.667. The van der Waals surface area contributed by atoms with Crippen molar-refractivity contribution >= 4 is 10.1 Å². The van der Waals surface area contributed by atoms with E-state index in [1.807, 2.05) is 6.92 Å². The lowest BCUT2D eigenvalue weighted by Gasteiger charge is -2.34. The molecule has 0 unspecified atom stereocenters. The Morgan fingerprint density at radius 3 is 2.06 bits per heavy atom. The van der Waals surface area contributed by atoms with Gasteiger partial charge in [-0.05, 0) is 31.6 Å². The van der Waals surface area contributed by atoms with Gasteiger partial charge in [0, 0.05) is 0 Å². The highest BCUT2D eigenvalue weighted by Gasteiger charge is 2.22. The van der Waals surface area contributed by atoms with Crippen LogP contribution >= 0.6 is 0 Å². The third kappa shape index (κ3) is 7.01. The largest absolute Gasteiger partial charge is 0.304 e. The van der Waals surface area contributed by atoms with Crippen molar-refractivity contribution in [2.75, 3.05) is 31.9 Å². The summed E-state index contributed by atoms with van der Waals surface area (Å²) < 4.78 is 30.3. The summed E-state index contributed by atoms with van der Waals surface area (Å²) in [6, 6.07) is 0. The van der Waals surface area contributed by atoms with Gasteiger partial charge in [0.2, 0.25) is 0 Å². The van der Waals surface area contributed by atoms with Crippen LogP contribution in [0.2, 0.25) is 0 Å². The van der Waals surface area contributed by atoms with E-state index in [-0.39, 0.29) is 5.75 Å². The molecule has 0 atom stereocenters. The topological polar surface area (TPSA) is 54.4 Å². The minimum atomic E-state index is -3.86. The third-order valence-electron chi connectivity index (χ3n) is 2.81. The zero-order valence-corrected chi connectivity index (χ0v) is 11.0. The molecule has 0 aliphatic heterocycles. The van der Waals surface area contributed by atoms with Crippen LogP contribution < -0.4 is 0 Å². The molecular weight excluding hydrogens is 238 g/mol. The van der Waals surface area contributed by atoms with Crippen LogP contribution in [-0.2, 0) is 10.1 Å². The van der Waals surface area contributed by atoms with E-state index in [1.165, 1.54) is 0 Å². The summed E-state index contributed by atoms with van der Waals surface area (Å²) in [5, 5.41) is 0. The predicted molar refractivity (Wildman–Crippen MR) is 68.7 cm³/mol. The van der Waals surface area contributed by atoms with Crippen LogP contribution in [0.15, 0.2) is 0 Å².